The minimum atomic E-state index is 0.856. The summed E-state index contributed by atoms with van der Waals surface area (Å²) in [4.78, 5) is 1.36. The first-order valence-electron chi connectivity index (χ1n) is 4.80. The van der Waals surface area contributed by atoms with Crippen LogP contribution in [0.3, 0.4) is 0 Å². The largest absolute Gasteiger partial charge is 0.399 e. The van der Waals surface area contributed by atoms with Crippen LogP contribution in [0.15, 0.2) is 23.1 Å². The van der Waals surface area contributed by atoms with E-state index in [1.165, 1.54) is 27.7 Å². The topological polar surface area (TPSA) is 26.0 Å². The molecule has 1 rings (SSSR count). The molecular weight excluding hydrogens is 210 g/mol. The number of aryl methyl sites for hydroxylation is 1. The average Bonchev–Trinajstić information content (AvgIpc) is 2.15. The molecule has 0 fully saturated rings. The van der Waals surface area contributed by atoms with Crippen LogP contribution in [0.25, 0.3) is 0 Å². The van der Waals surface area contributed by atoms with E-state index in [9.17, 15) is 0 Å². The minimum absolute atomic E-state index is 0.856. The SMILES string of the molecule is CCSCCSc1ccc(N)cc1C. The van der Waals surface area contributed by atoms with E-state index in [1.807, 2.05) is 35.7 Å². The van der Waals surface area contributed by atoms with Crippen molar-refractivity contribution in [2.45, 2.75) is 18.7 Å². The molecule has 0 spiro atoms. The van der Waals surface area contributed by atoms with Crippen LogP contribution in [-0.4, -0.2) is 17.3 Å². The lowest BCUT2D eigenvalue weighted by Crippen LogP contribution is -1.89. The van der Waals surface area contributed by atoms with E-state index in [0.29, 0.717) is 0 Å². The van der Waals surface area contributed by atoms with Gasteiger partial charge < -0.3 is 5.73 Å². The summed E-state index contributed by atoms with van der Waals surface area (Å²) in [5.41, 5.74) is 7.84. The van der Waals surface area contributed by atoms with Crippen LogP contribution in [0.5, 0.6) is 0 Å². The molecule has 0 atom stereocenters. The van der Waals surface area contributed by atoms with Crippen LogP contribution >= 0.6 is 23.5 Å². The molecule has 1 aromatic rings. The van der Waals surface area contributed by atoms with Gasteiger partial charge in [-0.1, -0.05) is 6.92 Å². The van der Waals surface area contributed by atoms with E-state index in [0.717, 1.165) is 5.69 Å². The molecule has 0 unspecified atom stereocenters. The highest BCUT2D eigenvalue weighted by Gasteiger charge is 1.98. The second-order valence-corrected chi connectivity index (χ2v) is 5.60. The molecule has 14 heavy (non-hydrogen) atoms. The van der Waals surface area contributed by atoms with Gasteiger partial charge in [0.1, 0.15) is 0 Å². The van der Waals surface area contributed by atoms with Crippen LogP contribution in [0, 0.1) is 6.92 Å². The van der Waals surface area contributed by atoms with Gasteiger partial charge in [0.15, 0.2) is 0 Å². The minimum Gasteiger partial charge on any atom is -0.399 e. The van der Waals surface area contributed by atoms with Gasteiger partial charge in [-0.25, -0.2) is 0 Å². The van der Waals surface area contributed by atoms with E-state index in [1.54, 1.807) is 0 Å². The fourth-order valence-corrected chi connectivity index (χ4v) is 2.95. The maximum Gasteiger partial charge on any atom is 0.0317 e. The molecule has 0 aliphatic carbocycles. The van der Waals surface area contributed by atoms with Crippen molar-refractivity contribution in [1.82, 2.24) is 0 Å². The Balaban J connectivity index is 2.42. The van der Waals surface area contributed by atoms with Crippen molar-refractivity contribution in [3.8, 4) is 0 Å². The summed E-state index contributed by atoms with van der Waals surface area (Å²) in [5.74, 6) is 3.62. The van der Waals surface area contributed by atoms with Crippen LogP contribution in [0.2, 0.25) is 0 Å². The maximum absolute atomic E-state index is 5.69. The number of anilines is 1. The summed E-state index contributed by atoms with van der Waals surface area (Å²) in [7, 11) is 0. The van der Waals surface area contributed by atoms with Crippen molar-refractivity contribution in [1.29, 1.82) is 0 Å². The Morgan fingerprint density at radius 3 is 2.71 bits per heavy atom. The molecule has 0 amide bonds. The van der Waals surface area contributed by atoms with Gasteiger partial charge in [0.2, 0.25) is 0 Å². The molecule has 0 aliphatic rings. The summed E-state index contributed by atoms with van der Waals surface area (Å²) < 4.78 is 0. The zero-order valence-electron chi connectivity index (χ0n) is 8.75. The molecule has 0 aliphatic heterocycles. The monoisotopic (exact) mass is 227 g/mol. The van der Waals surface area contributed by atoms with Crippen LogP contribution < -0.4 is 5.73 Å². The number of nitrogen functional groups attached to an aromatic ring is 1. The fourth-order valence-electron chi connectivity index (χ4n) is 1.19. The average molecular weight is 227 g/mol. The predicted octanol–water partition coefficient (Wildman–Crippen LogP) is 3.42. The van der Waals surface area contributed by atoms with Crippen LogP contribution in [0.1, 0.15) is 12.5 Å². The Hall–Kier alpha value is -0.280. The van der Waals surface area contributed by atoms with Gasteiger partial charge >= 0.3 is 0 Å². The van der Waals surface area contributed by atoms with Crippen LogP contribution in [0.4, 0.5) is 5.69 Å². The zero-order chi connectivity index (χ0) is 10.4. The summed E-state index contributed by atoms with van der Waals surface area (Å²) in [6.07, 6.45) is 0. The van der Waals surface area contributed by atoms with Crippen molar-refractivity contribution >= 4 is 29.2 Å². The highest BCUT2D eigenvalue weighted by molar-refractivity contribution is 8.02. The van der Waals surface area contributed by atoms with Gasteiger partial charge in [-0.05, 0) is 36.4 Å². The molecule has 0 heterocycles. The molecule has 0 radical (unpaired) electrons. The van der Waals surface area contributed by atoms with Crippen molar-refractivity contribution in [3.63, 3.8) is 0 Å². The second-order valence-electron chi connectivity index (χ2n) is 3.07. The summed E-state index contributed by atoms with van der Waals surface area (Å²) in [6.45, 7) is 4.31. The second kappa shape index (κ2) is 6.25. The third-order valence-corrected chi connectivity index (χ3v) is 4.23. The third kappa shape index (κ3) is 3.84. The highest BCUT2D eigenvalue weighted by atomic mass is 32.2. The van der Waals surface area contributed by atoms with Gasteiger partial charge in [0, 0.05) is 22.1 Å². The van der Waals surface area contributed by atoms with E-state index in [4.69, 9.17) is 5.73 Å². The molecular formula is C11H17NS2. The zero-order valence-corrected chi connectivity index (χ0v) is 10.4. The Kier molecular flexibility index (Phi) is 5.26. The first-order chi connectivity index (χ1) is 6.74. The van der Waals surface area contributed by atoms with E-state index < -0.39 is 0 Å². The van der Waals surface area contributed by atoms with Crippen molar-refractivity contribution < 1.29 is 0 Å². The maximum atomic E-state index is 5.69. The molecule has 3 heteroatoms. The summed E-state index contributed by atoms with van der Waals surface area (Å²) in [6, 6.07) is 6.13. The lowest BCUT2D eigenvalue weighted by Gasteiger charge is -2.05. The number of rotatable bonds is 5. The van der Waals surface area contributed by atoms with E-state index >= 15 is 0 Å². The number of nitrogens with two attached hydrogens (primary N) is 1. The summed E-state index contributed by atoms with van der Waals surface area (Å²) >= 11 is 3.91. The Labute approximate surface area is 94.8 Å². The molecule has 1 aromatic carbocycles. The Morgan fingerprint density at radius 2 is 2.07 bits per heavy atom. The molecule has 0 saturated carbocycles. The fraction of sp³-hybridized carbons (Fsp3) is 0.455. The van der Waals surface area contributed by atoms with Gasteiger partial charge in [0.25, 0.3) is 0 Å². The lowest BCUT2D eigenvalue weighted by molar-refractivity contribution is 1.30. The van der Waals surface area contributed by atoms with Gasteiger partial charge in [-0.3, -0.25) is 0 Å². The molecule has 2 N–H and O–H groups in total. The van der Waals surface area contributed by atoms with Gasteiger partial charge in [-0.2, -0.15) is 11.8 Å². The molecule has 0 saturated heterocycles. The van der Waals surface area contributed by atoms with Crippen molar-refractivity contribution in [2.24, 2.45) is 0 Å². The smallest absolute Gasteiger partial charge is 0.0317 e. The predicted molar refractivity (Wildman–Crippen MR) is 69.3 cm³/mol. The van der Waals surface area contributed by atoms with Crippen molar-refractivity contribution in [3.05, 3.63) is 23.8 Å². The number of hydrogen-bond acceptors (Lipinski definition) is 3. The van der Waals surface area contributed by atoms with Gasteiger partial charge in [-0.15, -0.1) is 11.8 Å². The third-order valence-electron chi connectivity index (χ3n) is 1.89. The van der Waals surface area contributed by atoms with Crippen LogP contribution in [-0.2, 0) is 0 Å². The molecule has 78 valence electrons. The van der Waals surface area contributed by atoms with Gasteiger partial charge in [0.05, 0.1) is 0 Å². The summed E-state index contributed by atoms with van der Waals surface area (Å²) in [5, 5.41) is 0. The number of thioether (sulfide) groups is 2. The first-order valence-corrected chi connectivity index (χ1v) is 6.94. The molecule has 1 nitrogen and oxygen atoms in total. The lowest BCUT2D eigenvalue weighted by atomic mass is 10.2. The molecule has 0 bridgehead atoms. The normalized spacial score (nSPS) is 10.4. The number of benzene rings is 1. The first kappa shape index (κ1) is 11.8. The van der Waals surface area contributed by atoms with E-state index in [-0.39, 0.29) is 0 Å². The number of hydrogen-bond donors (Lipinski definition) is 1. The quantitative estimate of drug-likeness (QED) is 0.474. The highest BCUT2D eigenvalue weighted by Crippen LogP contribution is 2.24. The Bertz CT molecular complexity index is 287. The molecule has 0 aromatic heterocycles. The Morgan fingerprint density at radius 1 is 1.29 bits per heavy atom. The van der Waals surface area contributed by atoms with E-state index in [2.05, 4.69) is 19.9 Å². The van der Waals surface area contributed by atoms with Crippen molar-refractivity contribution in [2.75, 3.05) is 23.0 Å². The standard InChI is InChI=1S/C11H17NS2/c1-3-13-6-7-14-11-5-4-10(12)8-9(11)2/h4-5,8H,3,6-7,12H2,1-2H3.